The molecule has 0 aromatic carbocycles. The number of carbonyl (C=O) groups excluding carboxylic acids is 1. The van der Waals surface area contributed by atoms with Crippen LogP contribution in [0.4, 0.5) is 0 Å². The van der Waals surface area contributed by atoms with Gasteiger partial charge in [-0.3, -0.25) is 10.1 Å². The average molecular weight is 425 g/mol. The molecule has 1 N–H and O–H groups in total. The number of nitrogens with zero attached hydrogens (tertiary/aromatic N) is 1. The maximum atomic E-state index is 12.1. The summed E-state index contributed by atoms with van der Waals surface area (Å²) in [6.07, 6.45) is 3.71. The number of amides is 1. The van der Waals surface area contributed by atoms with Crippen molar-refractivity contribution in [3.8, 4) is 9.75 Å². The van der Waals surface area contributed by atoms with Crippen molar-refractivity contribution in [1.82, 2.24) is 10.2 Å². The molecule has 0 aliphatic carbocycles. The first kappa shape index (κ1) is 16.6. The predicted octanol–water partition coefficient (Wildman–Crippen LogP) is 4.53. The number of thiophene rings is 2. The molecule has 0 unspecified atom stereocenters. The van der Waals surface area contributed by atoms with Gasteiger partial charge in [0.05, 0.1) is 10.3 Å². The molecular weight excluding hydrogens is 412 g/mol. The zero-order chi connectivity index (χ0) is 16.4. The normalized spacial score (nSPS) is 16.7. The summed E-state index contributed by atoms with van der Waals surface area (Å²) >= 11 is 12.0. The fraction of sp³-hybridized carbons (Fsp3) is 0.125. The van der Waals surface area contributed by atoms with Gasteiger partial charge in [-0.2, -0.15) is 0 Å². The van der Waals surface area contributed by atoms with E-state index >= 15 is 0 Å². The van der Waals surface area contributed by atoms with Crippen LogP contribution in [0.1, 0.15) is 4.88 Å². The van der Waals surface area contributed by atoms with E-state index in [0.717, 1.165) is 8.66 Å². The molecule has 0 spiro atoms. The van der Waals surface area contributed by atoms with E-state index in [9.17, 15) is 4.79 Å². The third kappa shape index (κ3) is 3.80. The van der Waals surface area contributed by atoms with Crippen LogP contribution in [0.2, 0.25) is 0 Å². The lowest BCUT2D eigenvalue weighted by atomic mass is 10.1. The number of carbonyl (C=O) groups is 1. The average Bonchev–Trinajstić information content (AvgIpc) is 3.13. The molecule has 0 atom stereocenters. The second-order valence-electron chi connectivity index (χ2n) is 4.90. The van der Waals surface area contributed by atoms with Crippen molar-refractivity contribution >= 4 is 67.9 Å². The second kappa shape index (κ2) is 7.09. The lowest BCUT2D eigenvalue weighted by molar-refractivity contribution is -0.116. The fourth-order valence-corrected chi connectivity index (χ4v) is 4.89. The molecule has 3 heterocycles. The van der Waals surface area contributed by atoms with Crippen LogP contribution in [0.25, 0.3) is 15.8 Å². The number of hydrogen-bond acceptors (Lipinski definition) is 4. The van der Waals surface area contributed by atoms with Crippen LogP contribution in [0.15, 0.2) is 46.3 Å². The van der Waals surface area contributed by atoms with Gasteiger partial charge in [0.1, 0.15) is 0 Å². The van der Waals surface area contributed by atoms with Crippen LogP contribution in [0.5, 0.6) is 0 Å². The van der Waals surface area contributed by atoms with Crippen molar-refractivity contribution in [1.29, 1.82) is 0 Å². The Balaban J connectivity index is 1.83. The lowest BCUT2D eigenvalue weighted by Gasteiger charge is -2.29. The fourth-order valence-electron chi connectivity index (χ4n) is 2.20. The minimum absolute atomic E-state index is 0.121. The van der Waals surface area contributed by atoms with Crippen molar-refractivity contribution in [2.75, 3.05) is 13.1 Å². The molecule has 3 rings (SSSR count). The van der Waals surface area contributed by atoms with Crippen LogP contribution in [-0.4, -0.2) is 29.0 Å². The van der Waals surface area contributed by atoms with E-state index < -0.39 is 0 Å². The van der Waals surface area contributed by atoms with Crippen molar-refractivity contribution in [2.24, 2.45) is 0 Å². The van der Waals surface area contributed by atoms with Crippen LogP contribution in [-0.2, 0) is 4.79 Å². The molecule has 118 valence electrons. The Morgan fingerprint density at radius 1 is 1.30 bits per heavy atom. The summed E-state index contributed by atoms with van der Waals surface area (Å²) in [5.41, 5.74) is 0.709. The Kier molecular flexibility index (Phi) is 5.11. The Labute approximate surface area is 156 Å². The van der Waals surface area contributed by atoms with E-state index in [-0.39, 0.29) is 5.91 Å². The molecule has 1 aliphatic rings. The van der Waals surface area contributed by atoms with Gasteiger partial charge in [0, 0.05) is 26.7 Å². The number of hydrogen-bond donors (Lipinski definition) is 1. The summed E-state index contributed by atoms with van der Waals surface area (Å²) < 4.78 is 1.11. The molecule has 0 bridgehead atoms. The molecule has 1 saturated heterocycles. The first-order valence-electron chi connectivity index (χ1n) is 6.84. The maximum Gasteiger partial charge on any atom is 0.255 e. The van der Waals surface area contributed by atoms with Gasteiger partial charge in [0.2, 0.25) is 0 Å². The molecule has 2 aromatic rings. The smallest absolute Gasteiger partial charge is 0.255 e. The zero-order valence-electron chi connectivity index (χ0n) is 12.0. The molecule has 2 aromatic heterocycles. The van der Waals surface area contributed by atoms with Crippen LogP contribution in [0, 0.1) is 0 Å². The van der Waals surface area contributed by atoms with E-state index in [1.165, 1.54) is 9.75 Å². The highest BCUT2D eigenvalue weighted by Crippen LogP contribution is 2.36. The van der Waals surface area contributed by atoms with Crippen LogP contribution < -0.4 is 5.32 Å². The standard InChI is InChI=1S/C16H13BrN2OS3/c1-2-7-19-9-10(15(20)18-16(19)21)8-11-3-4-12(22-11)13-5-6-14(17)23-13/h2-6,8H,1,7,9H2,(H,18,20,21)/b10-8-. The van der Waals surface area contributed by atoms with Crippen molar-refractivity contribution in [2.45, 2.75) is 0 Å². The SMILES string of the molecule is C=CCN1C/C(=C/c2ccc(-c3ccc(Br)s3)s2)C(=O)NC1=S. The molecule has 7 heteroatoms. The summed E-state index contributed by atoms with van der Waals surface area (Å²) in [6, 6.07) is 8.26. The predicted molar refractivity (Wildman–Crippen MR) is 106 cm³/mol. The summed E-state index contributed by atoms with van der Waals surface area (Å²) in [4.78, 5) is 17.5. The summed E-state index contributed by atoms with van der Waals surface area (Å²) in [7, 11) is 0. The maximum absolute atomic E-state index is 12.1. The van der Waals surface area contributed by atoms with Gasteiger partial charge in [0.15, 0.2) is 5.11 Å². The van der Waals surface area contributed by atoms with Gasteiger partial charge >= 0.3 is 0 Å². The Morgan fingerprint density at radius 3 is 2.74 bits per heavy atom. The molecule has 0 radical (unpaired) electrons. The van der Waals surface area contributed by atoms with Gasteiger partial charge in [-0.05, 0) is 58.5 Å². The Morgan fingerprint density at radius 2 is 2.04 bits per heavy atom. The minimum atomic E-state index is -0.121. The topological polar surface area (TPSA) is 32.3 Å². The van der Waals surface area contributed by atoms with Crippen molar-refractivity contribution in [3.05, 3.63) is 51.2 Å². The molecular formula is C16H13BrN2OS3. The van der Waals surface area contributed by atoms with E-state index in [1.54, 1.807) is 28.7 Å². The highest BCUT2D eigenvalue weighted by atomic mass is 79.9. The molecule has 1 amide bonds. The van der Waals surface area contributed by atoms with Gasteiger partial charge in [-0.1, -0.05) is 6.08 Å². The van der Waals surface area contributed by atoms with Crippen molar-refractivity contribution < 1.29 is 4.79 Å². The van der Waals surface area contributed by atoms with Crippen molar-refractivity contribution in [3.63, 3.8) is 0 Å². The zero-order valence-corrected chi connectivity index (χ0v) is 16.1. The highest BCUT2D eigenvalue weighted by molar-refractivity contribution is 9.11. The number of thiocarbonyl (C=S) groups is 1. The highest BCUT2D eigenvalue weighted by Gasteiger charge is 2.23. The van der Waals surface area contributed by atoms with Crippen LogP contribution >= 0.6 is 50.8 Å². The first-order chi connectivity index (χ1) is 11.1. The third-order valence-electron chi connectivity index (χ3n) is 3.27. The van der Waals surface area contributed by atoms with E-state index in [0.29, 0.717) is 23.8 Å². The molecule has 1 aliphatic heterocycles. The Bertz CT molecular complexity index is 806. The van der Waals surface area contributed by atoms with Gasteiger partial charge in [-0.25, -0.2) is 0 Å². The van der Waals surface area contributed by atoms with E-state index in [1.807, 2.05) is 23.1 Å². The van der Waals surface area contributed by atoms with Gasteiger partial charge in [-0.15, -0.1) is 29.3 Å². The third-order valence-corrected chi connectivity index (χ3v) is 6.48. The lowest BCUT2D eigenvalue weighted by Crippen LogP contribution is -2.50. The number of nitrogens with one attached hydrogen (secondary N) is 1. The minimum Gasteiger partial charge on any atom is -0.341 e. The van der Waals surface area contributed by atoms with E-state index in [4.69, 9.17) is 12.2 Å². The molecule has 0 saturated carbocycles. The summed E-state index contributed by atoms with van der Waals surface area (Å²) in [6.45, 7) is 4.85. The van der Waals surface area contributed by atoms with Crippen LogP contribution in [0.3, 0.4) is 0 Å². The summed E-state index contributed by atoms with van der Waals surface area (Å²) in [5, 5.41) is 3.19. The molecule has 1 fully saturated rings. The second-order valence-corrected chi connectivity index (χ2v) is 8.87. The Hall–Kier alpha value is -1.28. The number of halogens is 1. The quantitative estimate of drug-likeness (QED) is 0.444. The molecule has 3 nitrogen and oxygen atoms in total. The van der Waals surface area contributed by atoms with E-state index in [2.05, 4.69) is 40.0 Å². The number of rotatable bonds is 4. The monoisotopic (exact) mass is 424 g/mol. The first-order valence-corrected chi connectivity index (χ1v) is 9.67. The van der Waals surface area contributed by atoms with Gasteiger partial charge in [0.25, 0.3) is 5.91 Å². The summed E-state index contributed by atoms with van der Waals surface area (Å²) in [5.74, 6) is -0.121. The van der Waals surface area contributed by atoms with Gasteiger partial charge < -0.3 is 4.90 Å². The molecule has 23 heavy (non-hydrogen) atoms. The largest absolute Gasteiger partial charge is 0.341 e.